The molecule has 1 fully saturated rings. The highest BCUT2D eigenvalue weighted by Crippen LogP contribution is 2.29. The fourth-order valence-corrected chi connectivity index (χ4v) is 3.28. The van der Waals surface area contributed by atoms with Crippen LogP contribution in [0.15, 0.2) is 52.2 Å². The summed E-state index contributed by atoms with van der Waals surface area (Å²) in [6.45, 7) is 0. The third-order valence-corrected chi connectivity index (χ3v) is 4.51. The zero-order valence-corrected chi connectivity index (χ0v) is 14.3. The van der Waals surface area contributed by atoms with Crippen LogP contribution in [0.4, 0.5) is 0 Å². The van der Waals surface area contributed by atoms with Gasteiger partial charge in [0.2, 0.25) is 0 Å². The lowest BCUT2D eigenvalue weighted by atomic mass is 10.2. The minimum absolute atomic E-state index is 0.219. The van der Waals surface area contributed by atoms with Crippen molar-refractivity contribution in [3.8, 4) is 11.8 Å². The summed E-state index contributed by atoms with van der Waals surface area (Å²) in [7, 11) is 0. The standard InChI is InChI=1S/C18H9N3O2S2/c22-17-15(25-18(24)21-17)8-14-7-12-10-19-9-11(16(12)23-14)4-5-13-3-1-2-6-20-13/h1-3,6-10H,(H,21,22,24). The summed E-state index contributed by atoms with van der Waals surface area (Å²) in [5, 5.41) is 3.39. The molecular formula is C18H9N3O2S2. The first-order chi connectivity index (χ1) is 12.2. The molecule has 3 aromatic rings. The zero-order chi connectivity index (χ0) is 17.2. The van der Waals surface area contributed by atoms with Gasteiger partial charge >= 0.3 is 0 Å². The number of hydrogen-bond acceptors (Lipinski definition) is 6. The van der Waals surface area contributed by atoms with Gasteiger partial charge in [0.05, 0.1) is 10.5 Å². The predicted molar refractivity (Wildman–Crippen MR) is 101 cm³/mol. The average Bonchev–Trinajstić information content (AvgIpc) is 3.16. The van der Waals surface area contributed by atoms with Crippen LogP contribution < -0.4 is 5.32 Å². The summed E-state index contributed by atoms with van der Waals surface area (Å²) in [6, 6.07) is 7.36. The molecule has 4 heterocycles. The Morgan fingerprint density at radius 3 is 2.96 bits per heavy atom. The highest BCUT2D eigenvalue weighted by atomic mass is 32.2. The van der Waals surface area contributed by atoms with E-state index in [9.17, 15) is 4.79 Å². The fraction of sp³-hybridized carbons (Fsp3) is 0. The van der Waals surface area contributed by atoms with Crippen molar-refractivity contribution in [2.75, 3.05) is 0 Å². The lowest BCUT2D eigenvalue weighted by Crippen LogP contribution is -2.17. The van der Waals surface area contributed by atoms with E-state index >= 15 is 0 Å². The molecule has 0 unspecified atom stereocenters. The first kappa shape index (κ1) is 15.6. The van der Waals surface area contributed by atoms with E-state index in [-0.39, 0.29) is 5.91 Å². The van der Waals surface area contributed by atoms with Crippen LogP contribution >= 0.6 is 24.0 Å². The molecule has 0 spiro atoms. The van der Waals surface area contributed by atoms with E-state index < -0.39 is 0 Å². The zero-order valence-electron chi connectivity index (χ0n) is 12.6. The molecule has 1 saturated heterocycles. The maximum atomic E-state index is 11.8. The summed E-state index contributed by atoms with van der Waals surface area (Å²) in [5.74, 6) is 6.35. The van der Waals surface area contributed by atoms with Crippen molar-refractivity contribution >= 4 is 51.3 Å². The second-order valence-corrected chi connectivity index (χ2v) is 6.79. The van der Waals surface area contributed by atoms with Crippen LogP contribution in [0, 0.1) is 11.8 Å². The van der Waals surface area contributed by atoms with Gasteiger partial charge in [-0.15, -0.1) is 0 Å². The van der Waals surface area contributed by atoms with E-state index in [0.29, 0.717) is 31.8 Å². The molecule has 7 heteroatoms. The number of pyridine rings is 2. The first-order valence-corrected chi connectivity index (χ1v) is 8.47. The molecule has 0 aromatic carbocycles. The second-order valence-electron chi connectivity index (χ2n) is 5.07. The molecular weight excluding hydrogens is 354 g/mol. The molecule has 0 atom stereocenters. The number of thioether (sulfide) groups is 1. The summed E-state index contributed by atoms with van der Waals surface area (Å²) in [5.41, 5.74) is 1.95. The van der Waals surface area contributed by atoms with Gasteiger partial charge in [-0.25, -0.2) is 4.98 Å². The molecule has 1 aliphatic heterocycles. The Morgan fingerprint density at radius 1 is 1.28 bits per heavy atom. The minimum atomic E-state index is -0.219. The number of fused-ring (bicyclic) bond motifs is 1. The predicted octanol–water partition coefficient (Wildman–Crippen LogP) is 3.11. The van der Waals surface area contributed by atoms with Crippen molar-refractivity contribution in [3.63, 3.8) is 0 Å². The Balaban J connectivity index is 1.72. The van der Waals surface area contributed by atoms with Gasteiger partial charge in [-0.3, -0.25) is 9.78 Å². The van der Waals surface area contributed by atoms with E-state index in [2.05, 4.69) is 27.1 Å². The van der Waals surface area contributed by atoms with Gasteiger partial charge in [0, 0.05) is 30.1 Å². The van der Waals surface area contributed by atoms with E-state index in [4.69, 9.17) is 16.6 Å². The van der Waals surface area contributed by atoms with Gasteiger partial charge in [-0.05, 0) is 24.1 Å². The SMILES string of the molecule is O=C1NC(=S)SC1=Cc1cc2cncc(C#Cc3ccccn3)c2o1. The molecule has 5 nitrogen and oxygen atoms in total. The molecule has 1 N–H and O–H groups in total. The highest BCUT2D eigenvalue weighted by molar-refractivity contribution is 8.26. The lowest BCUT2D eigenvalue weighted by molar-refractivity contribution is -0.115. The minimum Gasteiger partial charge on any atom is -0.455 e. The monoisotopic (exact) mass is 363 g/mol. The van der Waals surface area contributed by atoms with E-state index in [1.165, 1.54) is 11.8 Å². The largest absolute Gasteiger partial charge is 0.455 e. The molecule has 4 rings (SSSR count). The molecule has 0 radical (unpaired) electrons. The number of nitrogens with one attached hydrogen (secondary N) is 1. The van der Waals surface area contributed by atoms with Crippen LogP contribution in [0.5, 0.6) is 0 Å². The fourth-order valence-electron chi connectivity index (χ4n) is 2.26. The van der Waals surface area contributed by atoms with Crippen molar-refractivity contribution in [1.82, 2.24) is 15.3 Å². The van der Waals surface area contributed by atoms with Crippen molar-refractivity contribution in [2.24, 2.45) is 0 Å². The smallest absolute Gasteiger partial charge is 0.263 e. The summed E-state index contributed by atoms with van der Waals surface area (Å²) in [4.78, 5) is 20.6. The Morgan fingerprint density at radius 2 is 2.20 bits per heavy atom. The van der Waals surface area contributed by atoms with Gasteiger partial charge in [0.1, 0.15) is 15.8 Å². The molecule has 120 valence electrons. The Bertz CT molecular complexity index is 1090. The Kier molecular flexibility index (Phi) is 4.06. The number of rotatable bonds is 1. The lowest BCUT2D eigenvalue weighted by Gasteiger charge is -1.92. The molecule has 3 aromatic heterocycles. The first-order valence-electron chi connectivity index (χ1n) is 7.24. The second kappa shape index (κ2) is 6.51. The normalized spacial score (nSPS) is 15.3. The van der Waals surface area contributed by atoms with Crippen molar-refractivity contribution in [3.05, 3.63) is 64.8 Å². The van der Waals surface area contributed by atoms with E-state index in [1.807, 2.05) is 24.3 Å². The van der Waals surface area contributed by atoms with Crippen LogP contribution in [0.1, 0.15) is 17.0 Å². The average molecular weight is 363 g/mol. The molecule has 0 aliphatic carbocycles. The summed E-state index contributed by atoms with van der Waals surface area (Å²) < 4.78 is 6.30. The highest BCUT2D eigenvalue weighted by Gasteiger charge is 2.22. The third kappa shape index (κ3) is 3.31. The van der Waals surface area contributed by atoms with Crippen LogP contribution in [0.2, 0.25) is 0 Å². The van der Waals surface area contributed by atoms with Gasteiger partial charge in [0.15, 0.2) is 5.58 Å². The molecule has 1 amide bonds. The van der Waals surface area contributed by atoms with E-state index in [0.717, 1.165) is 5.39 Å². The van der Waals surface area contributed by atoms with Crippen LogP contribution in [-0.4, -0.2) is 20.2 Å². The summed E-state index contributed by atoms with van der Waals surface area (Å²) in [6.07, 6.45) is 6.69. The van der Waals surface area contributed by atoms with Crippen LogP contribution in [0.3, 0.4) is 0 Å². The van der Waals surface area contributed by atoms with Gasteiger partial charge in [-0.2, -0.15) is 0 Å². The quantitative estimate of drug-likeness (QED) is 0.407. The number of carbonyl (C=O) groups is 1. The maximum absolute atomic E-state index is 11.8. The van der Waals surface area contributed by atoms with E-state index in [1.54, 1.807) is 24.7 Å². The molecule has 1 aliphatic rings. The Hall–Kier alpha value is -2.95. The van der Waals surface area contributed by atoms with Gasteiger partial charge in [0.25, 0.3) is 5.91 Å². The number of amides is 1. The number of carbonyl (C=O) groups excluding carboxylic acids is 1. The van der Waals surface area contributed by atoms with Crippen molar-refractivity contribution in [1.29, 1.82) is 0 Å². The topological polar surface area (TPSA) is 68.0 Å². The molecule has 0 bridgehead atoms. The van der Waals surface area contributed by atoms with Crippen LogP contribution in [0.25, 0.3) is 17.0 Å². The van der Waals surface area contributed by atoms with Gasteiger partial charge < -0.3 is 9.73 Å². The number of furan rings is 1. The number of aromatic nitrogens is 2. The van der Waals surface area contributed by atoms with Crippen LogP contribution in [-0.2, 0) is 4.79 Å². The van der Waals surface area contributed by atoms with Gasteiger partial charge in [-0.1, -0.05) is 36.0 Å². The third-order valence-electron chi connectivity index (χ3n) is 3.35. The van der Waals surface area contributed by atoms with Crippen molar-refractivity contribution < 1.29 is 9.21 Å². The number of nitrogens with zero attached hydrogens (tertiary/aromatic N) is 2. The molecule has 0 saturated carbocycles. The number of hydrogen-bond donors (Lipinski definition) is 1. The van der Waals surface area contributed by atoms with Crippen molar-refractivity contribution in [2.45, 2.75) is 0 Å². The Labute approximate surface area is 152 Å². The maximum Gasteiger partial charge on any atom is 0.263 e. The number of thiocarbonyl (C=S) groups is 1. The summed E-state index contributed by atoms with van der Waals surface area (Å²) >= 11 is 6.19. The molecule has 25 heavy (non-hydrogen) atoms.